The molecule has 16 heteroatoms. The van der Waals surface area contributed by atoms with Crippen LogP contribution in [0.4, 0.5) is 23.7 Å². The number of alkyl halides is 3. The van der Waals surface area contributed by atoms with Gasteiger partial charge in [0.25, 0.3) is 0 Å². The molecule has 50 heavy (non-hydrogen) atoms. The first kappa shape index (κ1) is 37.3. The number of likely N-dealkylation sites (tertiary alicyclic amines) is 1. The molecular weight excluding hydrogens is 665 g/mol. The second kappa shape index (κ2) is 15.8. The van der Waals surface area contributed by atoms with Gasteiger partial charge in [-0.2, -0.15) is 13.2 Å². The van der Waals surface area contributed by atoms with E-state index >= 15 is 0 Å². The molecule has 268 valence electrons. The highest BCUT2D eigenvalue weighted by atomic mass is 19.4. The Morgan fingerprint density at radius 3 is 2.26 bits per heavy atom. The number of carboxylic acids is 1. The lowest BCUT2D eigenvalue weighted by Crippen LogP contribution is -2.62. The predicted molar refractivity (Wildman–Crippen MR) is 170 cm³/mol. The van der Waals surface area contributed by atoms with Crippen molar-refractivity contribution in [2.45, 2.75) is 44.1 Å². The van der Waals surface area contributed by atoms with Gasteiger partial charge in [-0.05, 0) is 73.0 Å². The summed E-state index contributed by atoms with van der Waals surface area (Å²) in [5.41, 5.74) is 8.63. The topological polar surface area (TPSA) is 181 Å². The van der Waals surface area contributed by atoms with Crippen LogP contribution in [-0.4, -0.2) is 90.7 Å². The number of carbonyl (C=O) groups excluding carboxylic acids is 4. The Bertz CT molecular complexity index is 1690. The molecule has 5 rings (SSSR count). The number of amides is 3. The number of phenols is 1. The van der Waals surface area contributed by atoms with Crippen LogP contribution >= 0.6 is 0 Å². The number of nitrogens with one attached hydrogen (secondary N) is 1. The van der Waals surface area contributed by atoms with E-state index in [4.69, 9.17) is 29.8 Å². The third-order valence-electron chi connectivity index (χ3n) is 8.33. The number of anilines is 1. The van der Waals surface area contributed by atoms with E-state index in [1.54, 1.807) is 53.4 Å². The first-order valence-corrected chi connectivity index (χ1v) is 15.4. The van der Waals surface area contributed by atoms with Crippen molar-refractivity contribution in [3.8, 4) is 17.2 Å². The van der Waals surface area contributed by atoms with E-state index in [0.29, 0.717) is 35.2 Å². The summed E-state index contributed by atoms with van der Waals surface area (Å²) in [6, 6.07) is 17.1. The molecular formula is C34H37F3N4O9. The highest BCUT2D eigenvalue weighted by molar-refractivity contribution is 5.95. The van der Waals surface area contributed by atoms with Gasteiger partial charge >= 0.3 is 18.2 Å². The van der Waals surface area contributed by atoms with Crippen LogP contribution in [0.5, 0.6) is 17.2 Å². The van der Waals surface area contributed by atoms with E-state index in [-0.39, 0.29) is 25.0 Å². The van der Waals surface area contributed by atoms with Crippen LogP contribution in [0, 0.1) is 0 Å². The first-order valence-electron chi connectivity index (χ1n) is 15.4. The second-order valence-electron chi connectivity index (χ2n) is 12.1. The van der Waals surface area contributed by atoms with E-state index in [1.807, 2.05) is 18.2 Å². The summed E-state index contributed by atoms with van der Waals surface area (Å²) in [6.07, 6.45) is -3.47. The molecule has 3 aromatic carbocycles. The standard InChI is InChI=1S/C32H36N4O7.C2HF3O2/c1-36(18-22-7-14-28-29(17-22)43-20-42-28)15-3-4-25(19-36)35(27(30(33)38)16-21-5-12-26(37)13-6-21)32(40)34-24-10-8-23(9-11-24)31(39)41-2;3-2(4,5)1(6)7/h5-14,17,25,27H,3-4,15-16,18-20H2,1-2H3,(H3-,33,34,37,38,39,40);(H,6,7)/t25-,27+,36?;/m1./s1. The van der Waals surface area contributed by atoms with Gasteiger partial charge in [-0.1, -0.05) is 12.1 Å². The predicted octanol–water partition coefficient (Wildman–Crippen LogP) is 2.95. The highest BCUT2D eigenvalue weighted by Gasteiger charge is 2.41. The Balaban J connectivity index is 0.000000727. The van der Waals surface area contributed by atoms with Gasteiger partial charge in [-0.3, -0.25) is 4.79 Å². The molecule has 3 atom stereocenters. The number of piperidine rings is 1. The molecule has 0 bridgehead atoms. The zero-order valence-corrected chi connectivity index (χ0v) is 27.3. The van der Waals surface area contributed by atoms with Crippen LogP contribution in [0.15, 0.2) is 66.7 Å². The molecule has 2 aliphatic rings. The van der Waals surface area contributed by atoms with E-state index in [9.17, 15) is 32.7 Å². The zero-order chi connectivity index (χ0) is 36.6. The maximum Gasteiger partial charge on any atom is 0.430 e. The maximum absolute atomic E-state index is 14.0. The fourth-order valence-corrected chi connectivity index (χ4v) is 6.00. The van der Waals surface area contributed by atoms with Gasteiger partial charge in [0.1, 0.15) is 24.3 Å². The minimum Gasteiger partial charge on any atom is -0.542 e. The number of carboxylic acid groups (broad SMARTS) is 1. The number of ether oxygens (including phenoxy) is 3. The van der Waals surface area contributed by atoms with Crippen molar-refractivity contribution in [2.24, 2.45) is 5.73 Å². The van der Waals surface area contributed by atoms with Gasteiger partial charge in [0, 0.05) is 17.7 Å². The summed E-state index contributed by atoms with van der Waals surface area (Å²) in [5.74, 6) is -2.56. The number of urea groups is 1. The number of aliphatic carboxylic acids is 1. The normalized spacial score (nSPS) is 18.5. The van der Waals surface area contributed by atoms with Crippen molar-refractivity contribution in [3.05, 3.63) is 83.4 Å². The molecule has 0 spiro atoms. The Kier molecular flexibility index (Phi) is 11.8. The van der Waals surface area contributed by atoms with Crippen LogP contribution in [-0.2, 0) is 27.3 Å². The molecule has 4 N–H and O–H groups in total. The molecule has 1 fully saturated rings. The Labute approximate surface area is 285 Å². The first-order chi connectivity index (χ1) is 23.6. The van der Waals surface area contributed by atoms with Gasteiger partial charge in [-0.25, -0.2) is 9.59 Å². The van der Waals surface area contributed by atoms with Crippen LogP contribution in [0.25, 0.3) is 0 Å². The van der Waals surface area contributed by atoms with Gasteiger partial charge in [0.15, 0.2) is 11.5 Å². The number of halogens is 3. The quantitative estimate of drug-likeness (QED) is 0.223. The number of hydrogen-bond acceptors (Lipinski definition) is 9. The number of carbonyl (C=O) groups is 4. The summed E-state index contributed by atoms with van der Waals surface area (Å²) in [4.78, 5) is 49.2. The number of rotatable bonds is 9. The van der Waals surface area contributed by atoms with Gasteiger partial charge in [0.2, 0.25) is 12.7 Å². The average molecular weight is 703 g/mol. The monoisotopic (exact) mass is 702 g/mol. The second-order valence-corrected chi connectivity index (χ2v) is 12.1. The lowest BCUT2D eigenvalue weighted by Gasteiger charge is -2.46. The number of benzene rings is 3. The molecule has 2 aliphatic heterocycles. The summed E-state index contributed by atoms with van der Waals surface area (Å²) in [7, 11) is 3.45. The van der Waals surface area contributed by atoms with Crippen molar-refractivity contribution < 1.29 is 61.3 Å². The van der Waals surface area contributed by atoms with Gasteiger partial charge in [0.05, 0.1) is 38.9 Å². The average Bonchev–Trinajstić information content (AvgIpc) is 3.53. The Morgan fingerprint density at radius 2 is 1.66 bits per heavy atom. The summed E-state index contributed by atoms with van der Waals surface area (Å²) < 4.78 is 48.0. The van der Waals surface area contributed by atoms with E-state index < -0.39 is 36.1 Å². The number of primary amides is 1. The number of nitrogens with zero attached hydrogens (tertiary/aromatic N) is 2. The van der Waals surface area contributed by atoms with Gasteiger partial charge < -0.3 is 49.7 Å². The molecule has 3 amide bonds. The number of methoxy groups -OCH3 is 1. The van der Waals surface area contributed by atoms with Crippen molar-refractivity contribution in [3.63, 3.8) is 0 Å². The Hall–Kier alpha value is -5.51. The zero-order valence-electron chi connectivity index (χ0n) is 27.3. The number of esters is 1. The van der Waals surface area contributed by atoms with Crippen molar-refractivity contribution in [2.75, 3.05) is 39.4 Å². The smallest absolute Gasteiger partial charge is 0.430 e. The molecule has 1 saturated heterocycles. The third kappa shape index (κ3) is 9.78. The van der Waals surface area contributed by atoms with Crippen molar-refractivity contribution in [1.82, 2.24) is 4.90 Å². The number of fused-ring (bicyclic) bond motifs is 1. The van der Waals surface area contributed by atoms with Crippen LogP contribution in [0.2, 0.25) is 0 Å². The summed E-state index contributed by atoms with van der Waals surface area (Å²) >= 11 is 0. The molecule has 2 heterocycles. The van der Waals surface area contributed by atoms with Crippen LogP contribution in [0.3, 0.4) is 0 Å². The molecule has 13 nitrogen and oxygen atoms in total. The van der Waals surface area contributed by atoms with Crippen LogP contribution in [0.1, 0.15) is 34.3 Å². The minimum absolute atomic E-state index is 0.105. The van der Waals surface area contributed by atoms with E-state index in [2.05, 4.69) is 12.4 Å². The highest BCUT2D eigenvalue weighted by Crippen LogP contribution is 2.34. The summed E-state index contributed by atoms with van der Waals surface area (Å²) in [5, 5.41) is 21.4. The number of likely N-dealkylation sites (N-methyl/N-ethyl adjacent to an activating group) is 1. The SMILES string of the molecule is COC(=O)c1ccc(NC(=O)N([C@@H]2CCC[N+](C)(Cc3ccc4c(c3)OCO4)C2)[C@@H](Cc2ccc(O)cc2)C(N)=O)cc1.O=C([O-])C(F)(F)F. The number of nitrogens with two attached hydrogens (primary N) is 1. The number of quaternary nitrogens is 1. The van der Waals surface area contributed by atoms with Crippen molar-refractivity contribution in [1.29, 1.82) is 0 Å². The molecule has 0 saturated carbocycles. The molecule has 1 unspecified atom stereocenters. The third-order valence-corrected chi connectivity index (χ3v) is 8.33. The molecule has 0 aromatic heterocycles. The minimum atomic E-state index is -5.19. The number of hydrogen-bond donors (Lipinski definition) is 3. The number of aromatic hydroxyl groups is 1. The maximum atomic E-state index is 14.0. The van der Waals surface area contributed by atoms with Crippen molar-refractivity contribution >= 4 is 29.6 Å². The number of phenolic OH excluding ortho intramolecular Hbond substituents is 1. The van der Waals surface area contributed by atoms with E-state index in [1.165, 1.54) is 7.11 Å². The largest absolute Gasteiger partial charge is 0.542 e. The fourth-order valence-electron chi connectivity index (χ4n) is 6.00. The molecule has 0 radical (unpaired) electrons. The summed E-state index contributed by atoms with van der Waals surface area (Å²) in [6.45, 7) is 2.41. The Morgan fingerprint density at radius 1 is 1.04 bits per heavy atom. The van der Waals surface area contributed by atoms with E-state index in [0.717, 1.165) is 35.6 Å². The molecule has 3 aromatic rings. The van der Waals surface area contributed by atoms with Gasteiger partial charge in [-0.15, -0.1) is 0 Å². The lowest BCUT2D eigenvalue weighted by molar-refractivity contribution is -0.928. The fraction of sp³-hybridized carbons (Fsp3) is 0.353. The lowest BCUT2D eigenvalue weighted by atomic mass is 9.96. The molecule has 0 aliphatic carbocycles. The van der Waals surface area contributed by atoms with Crippen LogP contribution < -0.4 is 25.6 Å².